The molecule has 7 heteroatoms. The maximum atomic E-state index is 13.7. The summed E-state index contributed by atoms with van der Waals surface area (Å²) in [6, 6.07) is 6.37. The first-order valence-electron chi connectivity index (χ1n) is 8.28. The number of nitrogens with one attached hydrogen (secondary N) is 1. The lowest BCUT2D eigenvalue weighted by molar-refractivity contribution is 0.00763. The summed E-state index contributed by atoms with van der Waals surface area (Å²) in [6.45, 7) is 1.27. The molecule has 1 fully saturated rings. The quantitative estimate of drug-likeness (QED) is 0.787. The van der Waals surface area contributed by atoms with E-state index in [1.54, 1.807) is 6.07 Å². The van der Waals surface area contributed by atoms with Crippen molar-refractivity contribution in [3.63, 3.8) is 0 Å². The van der Waals surface area contributed by atoms with Gasteiger partial charge in [-0.05, 0) is 31.0 Å². The Balaban J connectivity index is 1.66. The number of hydrogen-bond acceptors (Lipinski definition) is 5. The normalized spacial score (nSPS) is 17.6. The summed E-state index contributed by atoms with van der Waals surface area (Å²) in [5.74, 6) is 0.759. The third kappa shape index (κ3) is 3.28. The number of anilines is 2. The minimum absolute atomic E-state index is 0.0726. The van der Waals surface area contributed by atoms with Crippen LogP contribution in [0, 0.1) is 5.82 Å². The average molecular weight is 342 g/mol. The summed E-state index contributed by atoms with van der Waals surface area (Å²) in [5.41, 5.74) is 2.37. The molecule has 0 aliphatic carbocycles. The molecule has 1 aliphatic heterocycles. The van der Waals surface area contributed by atoms with Crippen molar-refractivity contribution in [3.05, 3.63) is 42.6 Å². The molecule has 3 aromatic rings. The zero-order valence-electron chi connectivity index (χ0n) is 13.9. The van der Waals surface area contributed by atoms with Crippen molar-refractivity contribution in [1.82, 2.24) is 14.5 Å². The molecular weight excluding hydrogens is 323 g/mol. The summed E-state index contributed by atoms with van der Waals surface area (Å²) in [4.78, 5) is 8.58. The van der Waals surface area contributed by atoms with Crippen molar-refractivity contribution >= 4 is 22.5 Å². The first-order valence-corrected chi connectivity index (χ1v) is 8.28. The Bertz CT molecular complexity index is 890. The van der Waals surface area contributed by atoms with E-state index in [2.05, 4.69) is 15.3 Å². The molecule has 0 amide bonds. The van der Waals surface area contributed by atoms with Gasteiger partial charge in [0.15, 0.2) is 5.82 Å². The number of aryl methyl sites for hydroxylation is 1. The number of ether oxygens (including phenoxy) is 2. The van der Waals surface area contributed by atoms with Crippen LogP contribution < -0.4 is 10.1 Å². The van der Waals surface area contributed by atoms with Crippen LogP contribution in [0.2, 0.25) is 0 Å². The minimum Gasteiger partial charge on any atom is -0.486 e. The van der Waals surface area contributed by atoms with Gasteiger partial charge in [0, 0.05) is 25.9 Å². The van der Waals surface area contributed by atoms with E-state index < -0.39 is 0 Å². The standard InChI is InChI=1S/C18H19FN4O2/c1-23-7-6-15-17(23)18(21-11-20-15)22-14-5-4-12(19)9-16(14)25-13-3-2-8-24-10-13/h4-7,9,11,13H,2-3,8,10H2,1H3,(H,20,21,22)/t13-/m0/s1. The fraction of sp³-hybridized carbons (Fsp3) is 0.333. The average Bonchev–Trinajstić information content (AvgIpc) is 3.00. The second-order valence-corrected chi connectivity index (χ2v) is 6.11. The number of rotatable bonds is 4. The van der Waals surface area contributed by atoms with Crippen molar-refractivity contribution in [2.45, 2.75) is 18.9 Å². The maximum absolute atomic E-state index is 13.7. The Morgan fingerprint density at radius 1 is 1.32 bits per heavy atom. The van der Waals surface area contributed by atoms with Gasteiger partial charge in [0.25, 0.3) is 0 Å². The number of halogens is 1. The monoisotopic (exact) mass is 342 g/mol. The van der Waals surface area contributed by atoms with Crippen LogP contribution in [0.5, 0.6) is 5.75 Å². The predicted molar refractivity (Wildman–Crippen MR) is 92.7 cm³/mol. The topological polar surface area (TPSA) is 61.2 Å². The van der Waals surface area contributed by atoms with E-state index in [9.17, 15) is 4.39 Å². The molecule has 1 aliphatic rings. The molecular formula is C18H19FN4O2. The number of nitrogens with zero attached hydrogens (tertiary/aromatic N) is 3. The molecule has 1 atom stereocenters. The van der Waals surface area contributed by atoms with Gasteiger partial charge >= 0.3 is 0 Å². The van der Waals surface area contributed by atoms with E-state index in [1.165, 1.54) is 18.5 Å². The van der Waals surface area contributed by atoms with Crippen molar-refractivity contribution in [1.29, 1.82) is 0 Å². The van der Waals surface area contributed by atoms with E-state index in [0.29, 0.717) is 23.9 Å². The third-order valence-corrected chi connectivity index (χ3v) is 4.27. The second-order valence-electron chi connectivity index (χ2n) is 6.11. The number of fused-ring (bicyclic) bond motifs is 1. The van der Waals surface area contributed by atoms with Crippen molar-refractivity contribution in [2.24, 2.45) is 7.05 Å². The second kappa shape index (κ2) is 6.68. The highest BCUT2D eigenvalue weighted by Gasteiger charge is 2.18. The minimum atomic E-state index is -0.344. The Hall–Kier alpha value is -2.67. The highest BCUT2D eigenvalue weighted by molar-refractivity contribution is 5.88. The zero-order chi connectivity index (χ0) is 17.2. The first-order chi connectivity index (χ1) is 12.2. The molecule has 0 bridgehead atoms. The Morgan fingerprint density at radius 3 is 3.08 bits per heavy atom. The lowest BCUT2D eigenvalue weighted by Crippen LogP contribution is -2.28. The van der Waals surface area contributed by atoms with E-state index in [1.807, 2.05) is 23.9 Å². The van der Waals surface area contributed by atoms with Crippen molar-refractivity contribution in [2.75, 3.05) is 18.5 Å². The first kappa shape index (κ1) is 15.8. The van der Waals surface area contributed by atoms with Crippen LogP contribution in [0.4, 0.5) is 15.9 Å². The zero-order valence-corrected chi connectivity index (χ0v) is 13.9. The van der Waals surface area contributed by atoms with Crippen LogP contribution in [0.3, 0.4) is 0 Å². The van der Waals surface area contributed by atoms with Gasteiger partial charge in [-0.1, -0.05) is 0 Å². The van der Waals surface area contributed by atoms with Crippen LogP contribution in [0.1, 0.15) is 12.8 Å². The van der Waals surface area contributed by atoms with Gasteiger partial charge in [-0.25, -0.2) is 14.4 Å². The van der Waals surface area contributed by atoms with Gasteiger partial charge in [0.05, 0.1) is 17.8 Å². The molecule has 6 nitrogen and oxygen atoms in total. The fourth-order valence-corrected chi connectivity index (χ4v) is 3.02. The van der Waals surface area contributed by atoms with E-state index in [4.69, 9.17) is 9.47 Å². The molecule has 2 aromatic heterocycles. The molecule has 1 aromatic carbocycles. The summed E-state index contributed by atoms with van der Waals surface area (Å²) in [6.07, 6.45) is 5.19. The fourth-order valence-electron chi connectivity index (χ4n) is 3.02. The third-order valence-electron chi connectivity index (χ3n) is 4.27. The van der Waals surface area contributed by atoms with Crippen LogP contribution in [-0.4, -0.2) is 33.9 Å². The number of aromatic nitrogens is 3. The largest absolute Gasteiger partial charge is 0.486 e. The van der Waals surface area contributed by atoms with Gasteiger partial charge in [0.1, 0.15) is 29.5 Å². The van der Waals surface area contributed by atoms with E-state index in [0.717, 1.165) is 30.5 Å². The molecule has 0 unspecified atom stereocenters. The van der Waals surface area contributed by atoms with Gasteiger partial charge in [-0.2, -0.15) is 0 Å². The molecule has 4 rings (SSSR count). The molecule has 25 heavy (non-hydrogen) atoms. The van der Waals surface area contributed by atoms with Crippen LogP contribution in [0.25, 0.3) is 11.0 Å². The van der Waals surface area contributed by atoms with Crippen LogP contribution in [0.15, 0.2) is 36.8 Å². The summed E-state index contributed by atoms with van der Waals surface area (Å²) in [5, 5.41) is 3.25. The number of benzene rings is 1. The highest BCUT2D eigenvalue weighted by atomic mass is 19.1. The van der Waals surface area contributed by atoms with Gasteiger partial charge in [-0.3, -0.25) is 0 Å². The van der Waals surface area contributed by atoms with E-state index in [-0.39, 0.29) is 11.9 Å². The Labute approximate surface area is 144 Å². The van der Waals surface area contributed by atoms with Crippen molar-refractivity contribution in [3.8, 4) is 5.75 Å². The van der Waals surface area contributed by atoms with Gasteiger partial charge in [0.2, 0.25) is 0 Å². The highest BCUT2D eigenvalue weighted by Crippen LogP contribution is 2.32. The molecule has 0 saturated carbocycles. The summed E-state index contributed by atoms with van der Waals surface area (Å²) < 4.78 is 27.1. The molecule has 1 N–H and O–H groups in total. The van der Waals surface area contributed by atoms with E-state index >= 15 is 0 Å². The lowest BCUT2D eigenvalue weighted by atomic mass is 10.1. The SMILES string of the molecule is Cn1ccc2ncnc(Nc3ccc(F)cc3O[C@H]3CCCOC3)c21. The maximum Gasteiger partial charge on any atom is 0.158 e. The van der Waals surface area contributed by atoms with Crippen LogP contribution in [-0.2, 0) is 11.8 Å². The van der Waals surface area contributed by atoms with Crippen molar-refractivity contribution < 1.29 is 13.9 Å². The van der Waals surface area contributed by atoms with Crippen LogP contribution >= 0.6 is 0 Å². The molecule has 0 spiro atoms. The molecule has 130 valence electrons. The number of hydrogen-bond donors (Lipinski definition) is 1. The smallest absolute Gasteiger partial charge is 0.158 e. The molecule has 0 radical (unpaired) electrons. The lowest BCUT2D eigenvalue weighted by Gasteiger charge is -2.24. The summed E-state index contributed by atoms with van der Waals surface area (Å²) in [7, 11) is 1.93. The Kier molecular flexibility index (Phi) is 4.23. The molecule has 3 heterocycles. The Morgan fingerprint density at radius 2 is 2.24 bits per heavy atom. The predicted octanol–water partition coefficient (Wildman–Crippen LogP) is 3.41. The molecule has 1 saturated heterocycles. The van der Waals surface area contributed by atoms with Gasteiger partial charge < -0.3 is 19.4 Å². The van der Waals surface area contributed by atoms with Gasteiger partial charge in [-0.15, -0.1) is 0 Å². The summed E-state index contributed by atoms with van der Waals surface area (Å²) >= 11 is 0.